The van der Waals surface area contributed by atoms with E-state index in [1.165, 1.54) is 0 Å². The number of ether oxygens (including phenoxy) is 2. The van der Waals surface area contributed by atoms with Gasteiger partial charge in [0.1, 0.15) is 0 Å². The van der Waals surface area contributed by atoms with Gasteiger partial charge in [-0.05, 0) is 12.1 Å². The van der Waals surface area contributed by atoms with E-state index in [0.29, 0.717) is 0 Å². The van der Waals surface area contributed by atoms with Gasteiger partial charge in [-0.2, -0.15) is 0 Å². The molecule has 0 heterocycles. The van der Waals surface area contributed by atoms with Gasteiger partial charge in [-0.25, -0.2) is 4.79 Å². The fourth-order valence-electron chi connectivity index (χ4n) is 0.787. The third-order valence-electron chi connectivity index (χ3n) is 1.29. The first-order valence-electron chi connectivity index (χ1n) is 3.70. The van der Waals surface area contributed by atoms with E-state index in [1.54, 1.807) is 14.2 Å². The molecule has 78 valence electrons. The number of rotatable bonds is 2. The molecule has 0 atom stereocenters. The van der Waals surface area contributed by atoms with Crippen molar-refractivity contribution in [1.82, 2.24) is 0 Å². The van der Waals surface area contributed by atoms with Crippen LogP contribution < -0.4 is 9.47 Å². The Hall–Kier alpha value is -1.91. The summed E-state index contributed by atoms with van der Waals surface area (Å²) in [6.45, 7) is 0. The van der Waals surface area contributed by atoms with Gasteiger partial charge < -0.3 is 19.7 Å². The van der Waals surface area contributed by atoms with E-state index in [-0.39, 0.29) is 0 Å². The highest BCUT2D eigenvalue weighted by atomic mass is 16.6. The molecule has 2 N–H and O–H groups in total. The van der Waals surface area contributed by atoms with Crippen LogP contribution in [0.5, 0.6) is 11.5 Å². The molecule has 0 saturated carbocycles. The summed E-state index contributed by atoms with van der Waals surface area (Å²) in [4.78, 5) is 8.56. The van der Waals surface area contributed by atoms with E-state index < -0.39 is 6.16 Å². The van der Waals surface area contributed by atoms with Gasteiger partial charge >= 0.3 is 6.16 Å². The van der Waals surface area contributed by atoms with Crippen molar-refractivity contribution < 1.29 is 24.5 Å². The van der Waals surface area contributed by atoms with Gasteiger partial charge in [0.05, 0.1) is 14.2 Å². The third kappa shape index (κ3) is 4.87. The Balaban J connectivity index is 0.000000364. The van der Waals surface area contributed by atoms with E-state index >= 15 is 0 Å². The van der Waals surface area contributed by atoms with Crippen molar-refractivity contribution >= 4 is 6.16 Å². The summed E-state index contributed by atoms with van der Waals surface area (Å²) in [5.74, 6) is 1.54. The van der Waals surface area contributed by atoms with Crippen LogP contribution in [0.25, 0.3) is 0 Å². The molecule has 0 aliphatic heterocycles. The molecule has 0 saturated heterocycles. The van der Waals surface area contributed by atoms with Crippen molar-refractivity contribution in [1.29, 1.82) is 0 Å². The first-order valence-corrected chi connectivity index (χ1v) is 3.70. The third-order valence-corrected chi connectivity index (χ3v) is 1.29. The highest BCUT2D eigenvalue weighted by Gasteiger charge is 1.97. The van der Waals surface area contributed by atoms with Gasteiger partial charge in [0.15, 0.2) is 11.5 Å². The monoisotopic (exact) mass is 200 g/mol. The minimum absolute atomic E-state index is 0.769. The lowest BCUT2D eigenvalue weighted by atomic mass is 10.3. The molecular formula is C9H12O5. The highest BCUT2D eigenvalue weighted by Crippen LogP contribution is 2.24. The lowest BCUT2D eigenvalue weighted by Crippen LogP contribution is -1.88. The van der Waals surface area contributed by atoms with Gasteiger partial charge in [0.25, 0.3) is 0 Å². The average Bonchev–Trinajstić information content (AvgIpc) is 2.17. The van der Waals surface area contributed by atoms with E-state index in [2.05, 4.69) is 0 Å². The van der Waals surface area contributed by atoms with E-state index in [9.17, 15) is 0 Å². The van der Waals surface area contributed by atoms with Crippen LogP contribution in [-0.2, 0) is 0 Å². The predicted molar refractivity (Wildman–Crippen MR) is 50.2 cm³/mol. The Kier molecular flexibility index (Phi) is 5.69. The number of benzene rings is 1. The van der Waals surface area contributed by atoms with Crippen molar-refractivity contribution in [3.8, 4) is 11.5 Å². The molecule has 14 heavy (non-hydrogen) atoms. The largest absolute Gasteiger partial charge is 0.503 e. The lowest BCUT2D eigenvalue weighted by molar-refractivity contribution is 0.137. The number of hydrogen-bond donors (Lipinski definition) is 2. The molecule has 0 fully saturated rings. The quantitative estimate of drug-likeness (QED) is 0.762. The number of carboxylic acid groups (broad SMARTS) is 2. The Morgan fingerprint density at radius 3 is 1.57 bits per heavy atom. The van der Waals surface area contributed by atoms with Crippen LogP contribution in [0.4, 0.5) is 4.79 Å². The summed E-state index contributed by atoms with van der Waals surface area (Å²) in [6, 6.07) is 7.53. The van der Waals surface area contributed by atoms with Crippen LogP contribution in [0.3, 0.4) is 0 Å². The summed E-state index contributed by atoms with van der Waals surface area (Å²) in [5, 5.41) is 13.9. The summed E-state index contributed by atoms with van der Waals surface area (Å²) < 4.78 is 10.0. The molecule has 0 spiro atoms. The van der Waals surface area contributed by atoms with Gasteiger partial charge in [-0.1, -0.05) is 12.1 Å². The van der Waals surface area contributed by atoms with E-state index in [0.717, 1.165) is 11.5 Å². The van der Waals surface area contributed by atoms with E-state index in [4.69, 9.17) is 24.5 Å². The van der Waals surface area contributed by atoms with Crippen molar-refractivity contribution in [2.45, 2.75) is 0 Å². The van der Waals surface area contributed by atoms with Crippen LogP contribution in [0.1, 0.15) is 0 Å². The molecule has 1 rings (SSSR count). The molecule has 5 heteroatoms. The average molecular weight is 200 g/mol. The Morgan fingerprint density at radius 1 is 1.07 bits per heavy atom. The normalized spacial score (nSPS) is 8.14. The number of para-hydroxylation sites is 2. The van der Waals surface area contributed by atoms with E-state index in [1.807, 2.05) is 24.3 Å². The molecule has 0 unspecified atom stereocenters. The first-order chi connectivity index (χ1) is 6.61. The van der Waals surface area contributed by atoms with Crippen LogP contribution >= 0.6 is 0 Å². The van der Waals surface area contributed by atoms with Crippen LogP contribution in [-0.4, -0.2) is 30.6 Å². The molecule has 0 aliphatic rings. The smallest absolute Gasteiger partial charge is 0.493 e. The Morgan fingerprint density at radius 2 is 1.36 bits per heavy atom. The molecule has 0 amide bonds. The predicted octanol–water partition coefficient (Wildman–Crippen LogP) is 1.93. The molecule has 0 radical (unpaired) electrons. The molecule has 0 bridgehead atoms. The fourth-order valence-corrected chi connectivity index (χ4v) is 0.787. The van der Waals surface area contributed by atoms with Gasteiger partial charge in [0, 0.05) is 0 Å². The zero-order chi connectivity index (χ0) is 11.0. The standard InChI is InChI=1S/C8H10O2.CH2O3/c1-9-7-5-3-4-6-8(7)10-2;2-1(3)4/h3-6H,1-2H3;(H2,2,3,4). The number of hydrogen-bond acceptors (Lipinski definition) is 3. The maximum absolute atomic E-state index is 8.56. The first kappa shape index (κ1) is 12.1. The Labute approximate surface area is 81.5 Å². The molecule has 0 aromatic heterocycles. The minimum Gasteiger partial charge on any atom is -0.493 e. The highest BCUT2D eigenvalue weighted by molar-refractivity contribution is 5.53. The maximum Gasteiger partial charge on any atom is 0.503 e. The van der Waals surface area contributed by atoms with Crippen LogP contribution in [0.2, 0.25) is 0 Å². The SMILES string of the molecule is COc1ccccc1OC.O=C(O)O. The van der Waals surface area contributed by atoms with Crippen LogP contribution in [0, 0.1) is 0 Å². The Bertz CT molecular complexity index is 257. The molecular weight excluding hydrogens is 188 g/mol. The molecule has 5 nitrogen and oxygen atoms in total. The fraction of sp³-hybridized carbons (Fsp3) is 0.222. The molecule has 1 aromatic carbocycles. The van der Waals surface area contributed by atoms with Crippen molar-refractivity contribution in [3.05, 3.63) is 24.3 Å². The summed E-state index contributed by atoms with van der Waals surface area (Å²) >= 11 is 0. The summed E-state index contributed by atoms with van der Waals surface area (Å²) in [6.07, 6.45) is -1.83. The second kappa shape index (κ2) is 6.59. The van der Waals surface area contributed by atoms with Crippen molar-refractivity contribution in [2.75, 3.05) is 14.2 Å². The lowest BCUT2D eigenvalue weighted by Gasteiger charge is -2.04. The zero-order valence-electron chi connectivity index (χ0n) is 7.93. The molecule has 0 aliphatic carbocycles. The second-order valence-corrected chi connectivity index (χ2v) is 2.14. The van der Waals surface area contributed by atoms with Gasteiger partial charge in [0.2, 0.25) is 0 Å². The zero-order valence-corrected chi connectivity index (χ0v) is 7.93. The summed E-state index contributed by atoms with van der Waals surface area (Å²) in [7, 11) is 3.25. The van der Waals surface area contributed by atoms with Crippen molar-refractivity contribution in [3.63, 3.8) is 0 Å². The maximum atomic E-state index is 8.56. The van der Waals surface area contributed by atoms with Gasteiger partial charge in [-0.3, -0.25) is 0 Å². The number of carbonyl (C=O) groups is 1. The number of methoxy groups -OCH3 is 2. The second-order valence-electron chi connectivity index (χ2n) is 2.14. The minimum atomic E-state index is -1.83. The summed E-state index contributed by atoms with van der Waals surface area (Å²) in [5.41, 5.74) is 0. The van der Waals surface area contributed by atoms with Crippen molar-refractivity contribution in [2.24, 2.45) is 0 Å². The van der Waals surface area contributed by atoms with Gasteiger partial charge in [-0.15, -0.1) is 0 Å². The molecule has 1 aromatic rings. The van der Waals surface area contributed by atoms with Crippen LogP contribution in [0.15, 0.2) is 24.3 Å². The topological polar surface area (TPSA) is 76.0 Å².